The zero-order chi connectivity index (χ0) is 6.91. The average molecular weight is 126 g/mol. The smallest absolute Gasteiger partial charge is 0.0829 e. The van der Waals surface area contributed by atoms with Gasteiger partial charge in [-0.05, 0) is 12.8 Å². The first-order valence-electron chi connectivity index (χ1n) is 3.41. The van der Waals surface area contributed by atoms with Gasteiger partial charge in [0.2, 0.25) is 0 Å². The molecule has 0 aromatic carbocycles. The first-order chi connectivity index (χ1) is 4.15. The van der Waals surface area contributed by atoms with Gasteiger partial charge >= 0.3 is 0 Å². The Morgan fingerprint density at radius 3 is 2.56 bits per heavy atom. The molecular formula is C7H14N2. The largest absolute Gasteiger partial charge is 0.369 e. The van der Waals surface area contributed by atoms with Gasteiger partial charge in [0.15, 0.2) is 0 Å². The first kappa shape index (κ1) is 6.59. The molecule has 0 fully saturated rings. The van der Waals surface area contributed by atoms with Gasteiger partial charge in [0.05, 0.1) is 18.4 Å². The van der Waals surface area contributed by atoms with E-state index in [1.165, 1.54) is 0 Å². The Balaban J connectivity index is 2.55. The number of rotatable bonds is 1. The highest BCUT2D eigenvalue weighted by Gasteiger charge is 2.28. The highest BCUT2D eigenvalue weighted by atomic mass is 15.1. The zero-order valence-electron chi connectivity index (χ0n) is 6.31. The lowest BCUT2D eigenvalue weighted by Gasteiger charge is -2.27. The van der Waals surface area contributed by atoms with Crippen molar-refractivity contribution in [3.63, 3.8) is 0 Å². The van der Waals surface area contributed by atoms with Crippen LogP contribution in [0.25, 0.3) is 0 Å². The molecule has 1 aliphatic heterocycles. The van der Waals surface area contributed by atoms with E-state index < -0.39 is 0 Å². The van der Waals surface area contributed by atoms with E-state index in [0.29, 0.717) is 5.92 Å². The third-order valence-electron chi connectivity index (χ3n) is 2.18. The van der Waals surface area contributed by atoms with Gasteiger partial charge < -0.3 is 5.32 Å². The number of hydrogen-bond acceptors (Lipinski definition) is 2. The highest BCUT2D eigenvalue weighted by molar-refractivity contribution is 5.58. The van der Waals surface area contributed by atoms with Crippen molar-refractivity contribution in [2.45, 2.75) is 26.3 Å². The topological polar surface area (TPSA) is 24.4 Å². The number of aliphatic imine (C=N–C) groups is 1. The summed E-state index contributed by atoms with van der Waals surface area (Å²) in [6.45, 7) is 7.54. The Kier molecular flexibility index (Phi) is 1.47. The Hall–Kier alpha value is -0.530. The van der Waals surface area contributed by atoms with Gasteiger partial charge in [-0.3, -0.25) is 4.99 Å². The van der Waals surface area contributed by atoms with Gasteiger partial charge in [-0.15, -0.1) is 0 Å². The fourth-order valence-electron chi connectivity index (χ4n) is 0.823. The Morgan fingerprint density at radius 1 is 1.67 bits per heavy atom. The predicted molar refractivity (Wildman–Crippen MR) is 39.7 cm³/mol. The molecule has 1 N–H and O–H groups in total. The van der Waals surface area contributed by atoms with E-state index in [0.717, 1.165) is 6.54 Å². The van der Waals surface area contributed by atoms with Crippen molar-refractivity contribution >= 4 is 6.34 Å². The van der Waals surface area contributed by atoms with E-state index in [4.69, 9.17) is 0 Å². The fourth-order valence-corrected chi connectivity index (χ4v) is 0.823. The second kappa shape index (κ2) is 2.01. The summed E-state index contributed by atoms with van der Waals surface area (Å²) < 4.78 is 0. The summed E-state index contributed by atoms with van der Waals surface area (Å²) in [6, 6.07) is 0. The summed E-state index contributed by atoms with van der Waals surface area (Å²) in [5.41, 5.74) is 0.222. The van der Waals surface area contributed by atoms with E-state index in [9.17, 15) is 0 Å². The molecule has 2 heteroatoms. The van der Waals surface area contributed by atoms with Crippen molar-refractivity contribution in [2.75, 3.05) is 6.54 Å². The molecule has 0 spiro atoms. The Morgan fingerprint density at radius 2 is 2.33 bits per heavy atom. The lowest BCUT2D eigenvalue weighted by molar-refractivity contribution is 0.332. The van der Waals surface area contributed by atoms with Gasteiger partial charge in [0, 0.05) is 0 Å². The molecule has 9 heavy (non-hydrogen) atoms. The van der Waals surface area contributed by atoms with Crippen LogP contribution in [-0.2, 0) is 0 Å². The molecule has 0 bridgehead atoms. The minimum absolute atomic E-state index is 0.222. The molecule has 1 atom stereocenters. The third-order valence-corrected chi connectivity index (χ3v) is 2.18. The summed E-state index contributed by atoms with van der Waals surface area (Å²) in [5.74, 6) is 0.653. The number of nitrogens with zero attached hydrogens (tertiary/aromatic N) is 1. The monoisotopic (exact) mass is 126 g/mol. The van der Waals surface area contributed by atoms with Crippen molar-refractivity contribution in [3.05, 3.63) is 0 Å². The summed E-state index contributed by atoms with van der Waals surface area (Å²) >= 11 is 0. The van der Waals surface area contributed by atoms with Gasteiger partial charge in [0.1, 0.15) is 0 Å². The highest BCUT2D eigenvalue weighted by Crippen LogP contribution is 2.18. The zero-order valence-corrected chi connectivity index (χ0v) is 6.31. The van der Waals surface area contributed by atoms with Crippen LogP contribution >= 0.6 is 0 Å². The van der Waals surface area contributed by atoms with Crippen molar-refractivity contribution in [2.24, 2.45) is 10.9 Å². The lowest BCUT2D eigenvalue weighted by Crippen LogP contribution is -2.44. The summed E-state index contributed by atoms with van der Waals surface area (Å²) in [7, 11) is 0. The standard InChI is InChI=1S/C7H14N2/c1-6(2)7(3)4-8-5-9-7/h5-6H,4H2,1-3H3,(H,8,9). The Labute approximate surface area is 56.4 Å². The van der Waals surface area contributed by atoms with Crippen molar-refractivity contribution in [3.8, 4) is 0 Å². The van der Waals surface area contributed by atoms with Crippen LogP contribution in [0.2, 0.25) is 0 Å². The Bertz CT molecular complexity index is 119. The maximum atomic E-state index is 4.12. The second-order valence-corrected chi connectivity index (χ2v) is 3.19. The molecule has 0 radical (unpaired) electrons. The van der Waals surface area contributed by atoms with Crippen LogP contribution < -0.4 is 5.32 Å². The number of hydrogen-bond donors (Lipinski definition) is 1. The summed E-state index contributed by atoms with van der Waals surface area (Å²) in [4.78, 5) is 4.12. The van der Waals surface area contributed by atoms with E-state index in [1.807, 2.05) is 0 Å². The van der Waals surface area contributed by atoms with E-state index >= 15 is 0 Å². The minimum Gasteiger partial charge on any atom is -0.369 e. The molecule has 0 aromatic heterocycles. The maximum absolute atomic E-state index is 4.12. The molecule has 0 saturated carbocycles. The minimum atomic E-state index is 0.222. The molecule has 2 nitrogen and oxygen atoms in total. The molecular weight excluding hydrogens is 112 g/mol. The van der Waals surface area contributed by atoms with Crippen LogP contribution in [-0.4, -0.2) is 18.4 Å². The van der Waals surface area contributed by atoms with Crippen LogP contribution in [0, 0.1) is 5.92 Å². The normalized spacial score (nSPS) is 33.3. The second-order valence-electron chi connectivity index (χ2n) is 3.19. The molecule has 0 saturated heterocycles. The maximum Gasteiger partial charge on any atom is 0.0829 e. The molecule has 1 heterocycles. The summed E-state index contributed by atoms with van der Waals surface area (Å²) in [6.07, 6.45) is 1.81. The predicted octanol–water partition coefficient (Wildman–Crippen LogP) is 1.03. The van der Waals surface area contributed by atoms with E-state index in [2.05, 4.69) is 31.1 Å². The SMILES string of the molecule is CC(C)C1(C)CN=CN1. The lowest BCUT2D eigenvalue weighted by atomic mass is 9.90. The van der Waals surface area contributed by atoms with E-state index in [-0.39, 0.29) is 5.54 Å². The quantitative estimate of drug-likeness (QED) is 0.557. The summed E-state index contributed by atoms with van der Waals surface area (Å²) in [5, 5.41) is 3.24. The van der Waals surface area contributed by atoms with Crippen LogP contribution in [0.15, 0.2) is 4.99 Å². The molecule has 52 valence electrons. The van der Waals surface area contributed by atoms with Crippen molar-refractivity contribution in [1.82, 2.24) is 5.32 Å². The van der Waals surface area contributed by atoms with Crippen LogP contribution in [0.3, 0.4) is 0 Å². The fraction of sp³-hybridized carbons (Fsp3) is 0.857. The molecule has 1 aliphatic rings. The van der Waals surface area contributed by atoms with Gasteiger partial charge in [-0.1, -0.05) is 13.8 Å². The van der Waals surface area contributed by atoms with Crippen LogP contribution in [0.5, 0.6) is 0 Å². The van der Waals surface area contributed by atoms with Gasteiger partial charge in [-0.2, -0.15) is 0 Å². The van der Waals surface area contributed by atoms with E-state index in [1.54, 1.807) is 6.34 Å². The number of nitrogens with one attached hydrogen (secondary N) is 1. The molecule has 1 unspecified atom stereocenters. The molecule has 0 aliphatic carbocycles. The molecule has 0 aromatic rings. The van der Waals surface area contributed by atoms with Crippen LogP contribution in [0.1, 0.15) is 20.8 Å². The van der Waals surface area contributed by atoms with Gasteiger partial charge in [0.25, 0.3) is 0 Å². The van der Waals surface area contributed by atoms with Crippen LogP contribution in [0.4, 0.5) is 0 Å². The van der Waals surface area contributed by atoms with Crippen molar-refractivity contribution < 1.29 is 0 Å². The first-order valence-corrected chi connectivity index (χ1v) is 3.41. The molecule has 0 amide bonds. The molecule has 1 rings (SSSR count). The third kappa shape index (κ3) is 1.07. The average Bonchev–Trinajstić information content (AvgIpc) is 2.16. The van der Waals surface area contributed by atoms with Crippen molar-refractivity contribution in [1.29, 1.82) is 0 Å². The van der Waals surface area contributed by atoms with Gasteiger partial charge in [-0.25, -0.2) is 0 Å².